The lowest BCUT2D eigenvalue weighted by Gasteiger charge is -2.15. The highest BCUT2D eigenvalue weighted by Gasteiger charge is 2.21. The van der Waals surface area contributed by atoms with Crippen LogP contribution >= 0.6 is 18.9 Å². The molecule has 1 heterocycles. The Labute approximate surface area is 138 Å². The zero-order chi connectivity index (χ0) is 16.4. The van der Waals surface area contributed by atoms with E-state index in [2.05, 4.69) is 32.9 Å². The molecule has 0 saturated carbocycles. The normalized spacial score (nSPS) is 12.6. The monoisotopic (exact) mass is 336 g/mol. The molecule has 1 aromatic heterocycles. The van der Waals surface area contributed by atoms with Gasteiger partial charge >= 0.3 is 0 Å². The molecule has 0 atom stereocenters. The summed E-state index contributed by atoms with van der Waals surface area (Å²) in [6.07, 6.45) is 3.26. The third-order valence-electron chi connectivity index (χ3n) is 3.97. The maximum Gasteiger partial charge on any atom is 0.165 e. The smallest absolute Gasteiger partial charge is 0.165 e. The SMILES string of the molecule is CCP(=O)(CC)c1cccc(Sc2cc(C(C)(C)C)co2)c1. The quantitative estimate of drug-likeness (QED) is 0.651. The first-order valence-corrected chi connectivity index (χ1v) is 10.6. The Balaban J connectivity index is 2.24. The van der Waals surface area contributed by atoms with Crippen molar-refractivity contribution in [2.75, 3.05) is 12.3 Å². The van der Waals surface area contributed by atoms with Gasteiger partial charge in [0.05, 0.1) is 6.26 Å². The summed E-state index contributed by atoms with van der Waals surface area (Å²) in [5, 5.41) is 1.86. The van der Waals surface area contributed by atoms with Crippen LogP contribution in [0.3, 0.4) is 0 Å². The maximum atomic E-state index is 12.9. The molecule has 120 valence electrons. The second-order valence-corrected chi connectivity index (χ2v) is 11.2. The van der Waals surface area contributed by atoms with E-state index in [1.165, 1.54) is 5.56 Å². The molecule has 0 aliphatic heterocycles. The van der Waals surface area contributed by atoms with Gasteiger partial charge in [0, 0.05) is 22.5 Å². The van der Waals surface area contributed by atoms with Crippen LogP contribution in [-0.4, -0.2) is 12.3 Å². The first kappa shape index (κ1) is 17.4. The molecule has 0 unspecified atom stereocenters. The van der Waals surface area contributed by atoms with Gasteiger partial charge in [-0.15, -0.1) is 0 Å². The van der Waals surface area contributed by atoms with Crippen LogP contribution in [0.1, 0.15) is 40.2 Å². The van der Waals surface area contributed by atoms with Crippen LogP contribution in [0, 0.1) is 0 Å². The summed E-state index contributed by atoms with van der Waals surface area (Å²) < 4.78 is 18.5. The van der Waals surface area contributed by atoms with Gasteiger partial charge in [0.1, 0.15) is 7.14 Å². The standard InChI is InChI=1S/C18H25O2PS/c1-6-21(19,7-2)15-9-8-10-16(12-15)22-17-11-14(13-20-17)18(3,4)5/h8-13H,6-7H2,1-5H3. The molecular weight excluding hydrogens is 311 g/mol. The Morgan fingerprint density at radius 2 is 1.82 bits per heavy atom. The van der Waals surface area contributed by atoms with E-state index in [1.807, 2.05) is 38.3 Å². The van der Waals surface area contributed by atoms with Crippen molar-refractivity contribution in [3.8, 4) is 0 Å². The molecular formula is C18H25O2PS. The Bertz CT molecular complexity index is 674. The number of hydrogen-bond acceptors (Lipinski definition) is 3. The average molecular weight is 336 g/mol. The third-order valence-corrected chi connectivity index (χ3v) is 8.14. The van der Waals surface area contributed by atoms with E-state index in [0.29, 0.717) is 12.3 Å². The van der Waals surface area contributed by atoms with Gasteiger partial charge < -0.3 is 8.98 Å². The lowest BCUT2D eigenvalue weighted by Crippen LogP contribution is -2.09. The molecule has 1 aromatic carbocycles. The largest absolute Gasteiger partial charge is 0.457 e. The van der Waals surface area contributed by atoms with Gasteiger partial charge in [-0.1, -0.05) is 58.5 Å². The Kier molecular flexibility index (Phi) is 5.29. The summed E-state index contributed by atoms with van der Waals surface area (Å²) in [5.41, 5.74) is 1.28. The topological polar surface area (TPSA) is 30.2 Å². The fraction of sp³-hybridized carbons (Fsp3) is 0.444. The summed E-state index contributed by atoms with van der Waals surface area (Å²) in [7, 11) is -2.23. The van der Waals surface area contributed by atoms with E-state index in [1.54, 1.807) is 11.8 Å². The zero-order valence-corrected chi connectivity index (χ0v) is 15.8. The van der Waals surface area contributed by atoms with Crippen LogP contribution in [0.2, 0.25) is 0 Å². The number of benzene rings is 1. The van der Waals surface area contributed by atoms with Crippen molar-refractivity contribution in [3.05, 3.63) is 42.2 Å². The minimum absolute atomic E-state index is 0.0876. The summed E-state index contributed by atoms with van der Waals surface area (Å²) in [6, 6.07) is 10.2. The highest BCUT2D eigenvalue weighted by Crippen LogP contribution is 2.44. The lowest BCUT2D eigenvalue weighted by molar-refractivity contribution is 0.467. The first-order valence-electron chi connectivity index (χ1n) is 7.74. The molecule has 0 bridgehead atoms. The van der Waals surface area contributed by atoms with Gasteiger partial charge in [-0.3, -0.25) is 0 Å². The molecule has 0 aliphatic rings. The molecule has 22 heavy (non-hydrogen) atoms. The van der Waals surface area contributed by atoms with Gasteiger partial charge in [-0.05, 0) is 29.2 Å². The van der Waals surface area contributed by atoms with Gasteiger partial charge in [0.2, 0.25) is 0 Å². The molecule has 2 nitrogen and oxygen atoms in total. The fourth-order valence-corrected chi connectivity index (χ4v) is 5.11. The predicted molar refractivity (Wildman–Crippen MR) is 96.3 cm³/mol. The molecule has 2 rings (SSSR count). The third kappa shape index (κ3) is 3.88. The number of furan rings is 1. The molecule has 2 aromatic rings. The molecule has 4 heteroatoms. The van der Waals surface area contributed by atoms with E-state index in [0.717, 1.165) is 15.3 Å². The Morgan fingerprint density at radius 3 is 2.36 bits per heavy atom. The van der Waals surface area contributed by atoms with E-state index >= 15 is 0 Å². The summed E-state index contributed by atoms with van der Waals surface area (Å²) in [6.45, 7) is 10.5. The van der Waals surface area contributed by atoms with Crippen LogP contribution in [0.4, 0.5) is 0 Å². The van der Waals surface area contributed by atoms with Crippen molar-refractivity contribution in [3.63, 3.8) is 0 Å². The van der Waals surface area contributed by atoms with Gasteiger partial charge in [-0.2, -0.15) is 0 Å². The van der Waals surface area contributed by atoms with Crippen molar-refractivity contribution < 1.29 is 8.98 Å². The Morgan fingerprint density at radius 1 is 1.14 bits per heavy atom. The number of rotatable bonds is 5. The van der Waals surface area contributed by atoms with Crippen molar-refractivity contribution in [2.45, 2.75) is 50.0 Å². The minimum atomic E-state index is -2.23. The van der Waals surface area contributed by atoms with Crippen LogP contribution in [0.25, 0.3) is 0 Å². The van der Waals surface area contributed by atoms with Crippen molar-refractivity contribution in [1.82, 2.24) is 0 Å². The maximum absolute atomic E-state index is 12.9. The van der Waals surface area contributed by atoms with E-state index in [9.17, 15) is 4.57 Å². The first-order chi connectivity index (χ1) is 10.3. The van der Waals surface area contributed by atoms with E-state index in [4.69, 9.17) is 4.42 Å². The summed E-state index contributed by atoms with van der Waals surface area (Å²) in [4.78, 5) is 1.08. The fourth-order valence-electron chi connectivity index (χ4n) is 2.27. The van der Waals surface area contributed by atoms with Crippen LogP contribution < -0.4 is 5.30 Å². The highest BCUT2D eigenvalue weighted by molar-refractivity contribution is 7.99. The average Bonchev–Trinajstić information content (AvgIpc) is 2.95. The zero-order valence-electron chi connectivity index (χ0n) is 14.1. The minimum Gasteiger partial charge on any atom is -0.457 e. The van der Waals surface area contributed by atoms with Gasteiger partial charge in [-0.25, -0.2) is 0 Å². The van der Waals surface area contributed by atoms with Crippen molar-refractivity contribution >= 4 is 24.2 Å². The highest BCUT2D eigenvalue weighted by atomic mass is 32.2. The summed E-state index contributed by atoms with van der Waals surface area (Å²) in [5.74, 6) is 0. The lowest BCUT2D eigenvalue weighted by atomic mass is 9.89. The predicted octanol–water partition coefficient (Wildman–Crippen LogP) is 5.76. The summed E-state index contributed by atoms with van der Waals surface area (Å²) >= 11 is 1.59. The molecule has 0 radical (unpaired) electrons. The van der Waals surface area contributed by atoms with Gasteiger partial charge in [0.25, 0.3) is 0 Å². The van der Waals surface area contributed by atoms with E-state index < -0.39 is 7.14 Å². The molecule has 0 spiro atoms. The van der Waals surface area contributed by atoms with Crippen LogP contribution in [0.15, 0.2) is 51.0 Å². The van der Waals surface area contributed by atoms with Crippen molar-refractivity contribution in [1.29, 1.82) is 0 Å². The second-order valence-electron chi connectivity index (χ2n) is 6.53. The Hall–Kier alpha value is -0.920. The van der Waals surface area contributed by atoms with Crippen molar-refractivity contribution in [2.24, 2.45) is 0 Å². The van der Waals surface area contributed by atoms with E-state index in [-0.39, 0.29) is 5.41 Å². The van der Waals surface area contributed by atoms with Crippen LogP contribution in [-0.2, 0) is 9.98 Å². The molecule has 0 N–H and O–H groups in total. The molecule has 0 saturated heterocycles. The number of hydrogen-bond donors (Lipinski definition) is 0. The second kappa shape index (κ2) is 6.68. The molecule has 0 amide bonds. The van der Waals surface area contributed by atoms with Gasteiger partial charge in [0.15, 0.2) is 5.09 Å². The molecule has 0 fully saturated rings. The molecule has 0 aliphatic carbocycles. The van der Waals surface area contributed by atoms with Crippen LogP contribution in [0.5, 0.6) is 0 Å².